The molecule has 0 amide bonds. The highest BCUT2D eigenvalue weighted by molar-refractivity contribution is 5.07. The Hall–Kier alpha value is -0.870. The highest BCUT2D eigenvalue weighted by atomic mass is 16.5. The number of aromatic nitrogens is 2. The molecule has 0 spiro atoms. The van der Waals surface area contributed by atoms with E-state index < -0.39 is 0 Å². The minimum Gasteiger partial charge on any atom is -0.369 e. The predicted molar refractivity (Wildman–Crippen MR) is 72.4 cm³/mol. The van der Waals surface area contributed by atoms with Crippen LogP contribution in [0.4, 0.5) is 0 Å². The average Bonchev–Trinajstić information content (AvgIpc) is 2.80. The van der Waals surface area contributed by atoms with Gasteiger partial charge in [-0.2, -0.15) is 0 Å². The third-order valence-electron chi connectivity index (χ3n) is 3.78. The summed E-state index contributed by atoms with van der Waals surface area (Å²) in [7, 11) is 0. The van der Waals surface area contributed by atoms with Crippen LogP contribution in [-0.2, 0) is 4.74 Å². The van der Waals surface area contributed by atoms with Gasteiger partial charge in [-0.1, -0.05) is 6.92 Å². The van der Waals surface area contributed by atoms with Gasteiger partial charge in [0.25, 0.3) is 0 Å². The number of nitrogens with zero attached hydrogens (tertiary/aromatic N) is 1. The molecule has 1 aliphatic heterocycles. The maximum Gasteiger partial charge on any atom is 0.123 e. The van der Waals surface area contributed by atoms with Gasteiger partial charge in [-0.05, 0) is 40.7 Å². The fraction of sp³-hybridized carbons (Fsp3) is 0.786. The van der Waals surface area contributed by atoms with Gasteiger partial charge in [0.05, 0.1) is 17.2 Å². The first kappa shape index (κ1) is 13.6. The lowest BCUT2D eigenvalue weighted by Crippen LogP contribution is -2.39. The maximum absolute atomic E-state index is 6.19. The summed E-state index contributed by atoms with van der Waals surface area (Å²) in [6.07, 6.45) is 4.74. The molecule has 4 nitrogen and oxygen atoms in total. The standard InChI is InChI=1S/C14H25N3O/c1-6-15-11(12-16-7-8-17-12)10-9-13(2,3)18-14(10,4)5/h7-8,10-11,15H,6,9H2,1-5H3,(H,16,17). The van der Waals surface area contributed by atoms with Crippen LogP contribution in [0.15, 0.2) is 12.4 Å². The Kier molecular flexibility index (Phi) is 3.52. The molecule has 4 heteroatoms. The second kappa shape index (κ2) is 4.67. The molecular weight excluding hydrogens is 226 g/mol. The van der Waals surface area contributed by atoms with Crippen molar-refractivity contribution in [2.24, 2.45) is 5.92 Å². The molecule has 2 atom stereocenters. The smallest absolute Gasteiger partial charge is 0.123 e. The summed E-state index contributed by atoms with van der Waals surface area (Å²) in [6, 6.07) is 0.224. The summed E-state index contributed by atoms with van der Waals surface area (Å²) in [6.45, 7) is 11.8. The Morgan fingerprint density at radius 3 is 2.67 bits per heavy atom. The molecule has 0 radical (unpaired) electrons. The molecule has 0 saturated carbocycles. The third kappa shape index (κ3) is 2.59. The van der Waals surface area contributed by atoms with Crippen molar-refractivity contribution in [1.82, 2.24) is 15.3 Å². The molecule has 1 saturated heterocycles. The molecule has 1 aliphatic rings. The Morgan fingerprint density at radius 2 is 2.22 bits per heavy atom. The maximum atomic E-state index is 6.19. The van der Waals surface area contributed by atoms with E-state index in [0.717, 1.165) is 18.8 Å². The van der Waals surface area contributed by atoms with Crippen LogP contribution in [0.5, 0.6) is 0 Å². The summed E-state index contributed by atoms with van der Waals surface area (Å²) in [4.78, 5) is 7.65. The van der Waals surface area contributed by atoms with Crippen LogP contribution in [0, 0.1) is 5.92 Å². The molecule has 2 unspecified atom stereocenters. The Labute approximate surface area is 110 Å². The van der Waals surface area contributed by atoms with Crippen molar-refractivity contribution < 1.29 is 4.74 Å². The fourth-order valence-electron chi connectivity index (χ4n) is 3.22. The third-order valence-corrected chi connectivity index (χ3v) is 3.78. The van der Waals surface area contributed by atoms with Gasteiger partial charge in [-0.25, -0.2) is 4.98 Å². The molecule has 2 rings (SSSR count). The van der Waals surface area contributed by atoms with Gasteiger partial charge in [-0.3, -0.25) is 0 Å². The zero-order chi connectivity index (χ0) is 13.4. The molecular formula is C14H25N3O. The lowest BCUT2D eigenvalue weighted by molar-refractivity contribution is -0.0780. The zero-order valence-corrected chi connectivity index (χ0v) is 12.1. The van der Waals surface area contributed by atoms with E-state index >= 15 is 0 Å². The van der Waals surface area contributed by atoms with Gasteiger partial charge in [0.15, 0.2) is 0 Å². The summed E-state index contributed by atoms with van der Waals surface area (Å²) >= 11 is 0. The quantitative estimate of drug-likeness (QED) is 0.865. The van der Waals surface area contributed by atoms with Crippen LogP contribution in [0.3, 0.4) is 0 Å². The van der Waals surface area contributed by atoms with Gasteiger partial charge in [0.1, 0.15) is 5.82 Å². The summed E-state index contributed by atoms with van der Waals surface area (Å²) in [5.41, 5.74) is -0.197. The van der Waals surface area contributed by atoms with E-state index in [0.29, 0.717) is 5.92 Å². The Bertz CT molecular complexity index is 384. The second-order valence-corrected chi connectivity index (χ2v) is 6.29. The molecule has 18 heavy (non-hydrogen) atoms. The predicted octanol–water partition coefficient (Wildman–Crippen LogP) is 2.65. The highest BCUT2D eigenvalue weighted by Gasteiger charge is 2.49. The first-order chi connectivity index (χ1) is 8.36. The van der Waals surface area contributed by atoms with E-state index in [1.165, 1.54) is 0 Å². The minimum absolute atomic E-state index is 0.0611. The van der Waals surface area contributed by atoms with Gasteiger partial charge in [0.2, 0.25) is 0 Å². The number of rotatable bonds is 4. The largest absolute Gasteiger partial charge is 0.369 e. The van der Waals surface area contributed by atoms with Crippen molar-refractivity contribution in [1.29, 1.82) is 0 Å². The van der Waals surface area contributed by atoms with Crippen molar-refractivity contribution >= 4 is 0 Å². The number of hydrogen-bond donors (Lipinski definition) is 2. The van der Waals surface area contributed by atoms with Crippen LogP contribution in [0.2, 0.25) is 0 Å². The lowest BCUT2D eigenvalue weighted by Gasteiger charge is -2.32. The molecule has 2 heterocycles. The summed E-state index contributed by atoms with van der Waals surface area (Å²) < 4.78 is 6.19. The Balaban J connectivity index is 2.26. The van der Waals surface area contributed by atoms with E-state index in [4.69, 9.17) is 4.74 Å². The highest BCUT2D eigenvalue weighted by Crippen LogP contribution is 2.47. The van der Waals surface area contributed by atoms with Crippen molar-refractivity contribution in [3.8, 4) is 0 Å². The van der Waals surface area contributed by atoms with Crippen LogP contribution >= 0.6 is 0 Å². The molecule has 0 aliphatic carbocycles. The summed E-state index contributed by atoms with van der Waals surface area (Å²) in [5, 5.41) is 3.55. The number of ether oxygens (including phenoxy) is 1. The number of nitrogens with one attached hydrogen (secondary N) is 2. The average molecular weight is 251 g/mol. The van der Waals surface area contributed by atoms with Crippen molar-refractivity contribution in [2.45, 2.75) is 58.3 Å². The van der Waals surface area contributed by atoms with Gasteiger partial charge in [0, 0.05) is 18.3 Å². The van der Waals surface area contributed by atoms with Crippen molar-refractivity contribution in [3.63, 3.8) is 0 Å². The van der Waals surface area contributed by atoms with E-state index in [9.17, 15) is 0 Å². The molecule has 102 valence electrons. The minimum atomic E-state index is -0.136. The first-order valence-corrected chi connectivity index (χ1v) is 6.78. The van der Waals surface area contributed by atoms with E-state index in [1.54, 1.807) is 0 Å². The topological polar surface area (TPSA) is 49.9 Å². The Morgan fingerprint density at radius 1 is 1.50 bits per heavy atom. The number of H-pyrrole nitrogens is 1. The molecule has 1 aromatic rings. The van der Waals surface area contributed by atoms with Crippen molar-refractivity contribution in [3.05, 3.63) is 18.2 Å². The summed E-state index contributed by atoms with van der Waals surface area (Å²) in [5.74, 6) is 1.43. The first-order valence-electron chi connectivity index (χ1n) is 6.78. The van der Waals surface area contributed by atoms with Gasteiger partial charge >= 0.3 is 0 Å². The van der Waals surface area contributed by atoms with Gasteiger partial charge in [-0.15, -0.1) is 0 Å². The second-order valence-electron chi connectivity index (χ2n) is 6.29. The zero-order valence-electron chi connectivity index (χ0n) is 12.1. The van der Waals surface area contributed by atoms with Crippen LogP contribution in [0.25, 0.3) is 0 Å². The number of hydrogen-bond acceptors (Lipinski definition) is 3. The lowest BCUT2D eigenvalue weighted by atomic mass is 9.81. The van der Waals surface area contributed by atoms with E-state index in [1.807, 2.05) is 12.4 Å². The van der Waals surface area contributed by atoms with Crippen LogP contribution in [0.1, 0.15) is 52.9 Å². The van der Waals surface area contributed by atoms with Gasteiger partial charge < -0.3 is 15.0 Å². The molecule has 0 aromatic carbocycles. The van der Waals surface area contributed by atoms with Crippen LogP contribution < -0.4 is 5.32 Å². The van der Waals surface area contributed by atoms with Crippen molar-refractivity contribution in [2.75, 3.05) is 6.54 Å². The molecule has 1 aromatic heterocycles. The molecule has 2 N–H and O–H groups in total. The monoisotopic (exact) mass is 251 g/mol. The number of aromatic amines is 1. The molecule has 1 fully saturated rings. The molecule has 0 bridgehead atoms. The van der Waals surface area contributed by atoms with Crippen LogP contribution in [-0.4, -0.2) is 27.7 Å². The van der Waals surface area contributed by atoms with E-state index in [-0.39, 0.29) is 17.2 Å². The SMILES string of the molecule is CCNC(c1ncc[nH]1)C1CC(C)(C)OC1(C)C. The van der Waals surface area contributed by atoms with E-state index in [2.05, 4.69) is 49.9 Å². The number of imidazole rings is 1. The normalized spacial score (nSPS) is 27.3. The fourth-order valence-corrected chi connectivity index (χ4v) is 3.22.